The normalized spacial score (nSPS) is 20.9. The van der Waals surface area contributed by atoms with Gasteiger partial charge in [0.05, 0.1) is 5.69 Å². The standard InChI is InChI=1S/C12H19N3S2/c1-9-11(8-13-10-2-3-10)17-12(14-9)15-4-6-16-7-5-15/h10,13H,2-8H2,1H3. The lowest BCUT2D eigenvalue weighted by Crippen LogP contribution is -2.32. The topological polar surface area (TPSA) is 28.2 Å². The third kappa shape index (κ3) is 2.95. The Hall–Kier alpha value is -0.260. The molecule has 0 spiro atoms. The van der Waals surface area contributed by atoms with Gasteiger partial charge >= 0.3 is 0 Å². The maximum atomic E-state index is 4.73. The molecule has 0 atom stereocenters. The van der Waals surface area contributed by atoms with Gasteiger partial charge in [-0.05, 0) is 19.8 Å². The molecule has 1 saturated carbocycles. The molecule has 0 bridgehead atoms. The Kier molecular flexibility index (Phi) is 3.59. The van der Waals surface area contributed by atoms with Gasteiger partial charge in [-0.3, -0.25) is 0 Å². The summed E-state index contributed by atoms with van der Waals surface area (Å²) >= 11 is 3.93. The van der Waals surface area contributed by atoms with Crippen LogP contribution in [0.2, 0.25) is 0 Å². The first-order valence-electron chi connectivity index (χ1n) is 6.35. The number of hydrogen-bond donors (Lipinski definition) is 1. The molecule has 1 aromatic rings. The maximum Gasteiger partial charge on any atom is 0.185 e. The van der Waals surface area contributed by atoms with Gasteiger partial charge in [-0.1, -0.05) is 0 Å². The first-order chi connectivity index (χ1) is 8.33. The van der Waals surface area contributed by atoms with Crippen LogP contribution in [0, 0.1) is 6.92 Å². The summed E-state index contributed by atoms with van der Waals surface area (Å²) in [6.07, 6.45) is 2.71. The lowest BCUT2D eigenvalue weighted by Gasteiger charge is -2.25. The molecule has 1 aliphatic heterocycles. The van der Waals surface area contributed by atoms with Crippen LogP contribution in [0.1, 0.15) is 23.4 Å². The molecule has 2 fully saturated rings. The highest BCUT2D eigenvalue weighted by atomic mass is 32.2. The van der Waals surface area contributed by atoms with Crippen molar-refractivity contribution in [2.75, 3.05) is 29.5 Å². The second-order valence-electron chi connectivity index (χ2n) is 4.76. The lowest BCUT2D eigenvalue weighted by molar-refractivity contribution is 0.691. The zero-order chi connectivity index (χ0) is 11.7. The Balaban J connectivity index is 1.65. The van der Waals surface area contributed by atoms with Crippen molar-refractivity contribution in [1.82, 2.24) is 10.3 Å². The van der Waals surface area contributed by atoms with E-state index in [1.165, 1.54) is 40.0 Å². The number of thioether (sulfide) groups is 1. The van der Waals surface area contributed by atoms with Gasteiger partial charge in [-0.25, -0.2) is 4.98 Å². The van der Waals surface area contributed by atoms with Crippen LogP contribution in [0.15, 0.2) is 0 Å². The number of aromatic nitrogens is 1. The molecule has 0 radical (unpaired) electrons. The molecule has 1 aliphatic carbocycles. The van der Waals surface area contributed by atoms with Gasteiger partial charge in [-0.2, -0.15) is 11.8 Å². The molecule has 94 valence electrons. The number of thiazole rings is 1. The number of rotatable bonds is 4. The molecule has 1 N–H and O–H groups in total. The van der Waals surface area contributed by atoms with Crippen molar-refractivity contribution in [2.45, 2.75) is 32.4 Å². The van der Waals surface area contributed by atoms with E-state index >= 15 is 0 Å². The summed E-state index contributed by atoms with van der Waals surface area (Å²) < 4.78 is 0. The van der Waals surface area contributed by atoms with Gasteiger partial charge in [0.15, 0.2) is 5.13 Å². The van der Waals surface area contributed by atoms with Crippen molar-refractivity contribution in [2.24, 2.45) is 0 Å². The molecule has 3 rings (SSSR count). The van der Waals surface area contributed by atoms with Crippen molar-refractivity contribution in [3.05, 3.63) is 10.6 Å². The van der Waals surface area contributed by atoms with Gasteiger partial charge in [-0.15, -0.1) is 11.3 Å². The summed E-state index contributed by atoms with van der Waals surface area (Å²) in [7, 11) is 0. The minimum absolute atomic E-state index is 0.784. The summed E-state index contributed by atoms with van der Waals surface area (Å²) in [5.74, 6) is 2.49. The Labute approximate surface area is 111 Å². The molecule has 5 heteroatoms. The number of nitrogens with zero attached hydrogens (tertiary/aromatic N) is 2. The molecular formula is C12H19N3S2. The van der Waals surface area contributed by atoms with E-state index in [9.17, 15) is 0 Å². The monoisotopic (exact) mass is 269 g/mol. The van der Waals surface area contributed by atoms with Gasteiger partial charge < -0.3 is 10.2 Å². The summed E-state index contributed by atoms with van der Waals surface area (Å²) in [6, 6.07) is 0.784. The molecule has 0 aromatic carbocycles. The Morgan fingerprint density at radius 2 is 2.12 bits per heavy atom. The molecule has 17 heavy (non-hydrogen) atoms. The first-order valence-corrected chi connectivity index (χ1v) is 8.32. The molecule has 2 aliphatic rings. The molecular weight excluding hydrogens is 250 g/mol. The maximum absolute atomic E-state index is 4.73. The predicted molar refractivity (Wildman–Crippen MR) is 76.3 cm³/mol. The second-order valence-corrected chi connectivity index (χ2v) is 7.05. The van der Waals surface area contributed by atoms with Crippen LogP contribution in [-0.4, -0.2) is 35.6 Å². The van der Waals surface area contributed by atoms with Crippen molar-refractivity contribution in [3.63, 3.8) is 0 Å². The lowest BCUT2D eigenvalue weighted by atomic mass is 10.4. The molecule has 2 heterocycles. The van der Waals surface area contributed by atoms with Crippen LogP contribution in [0.25, 0.3) is 0 Å². The van der Waals surface area contributed by atoms with Crippen molar-refractivity contribution < 1.29 is 0 Å². The SMILES string of the molecule is Cc1nc(N2CCSCC2)sc1CNC1CC1. The number of hydrogen-bond acceptors (Lipinski definition) is 5. The predicted octanol–water partition coefficient (Wildman–Crippen LogP) is 2.26. The number of anilines is 1. The van der Waals surface area contributed by atoms with Gasteiger partial charge in [0.1, 0.15) is 0 Å². The number of nitrogens with one attached hydrogen (secondary N) is 1. The fraction of sp³-hybridized carbons (Fsp3) is 0.750. The summed E-state index contributed by atoms with van der Waals surface area (Å²) in [5, 5.41) is 4.81. The smallest absolute Gasteiger partial charge is 0.185 e. The van der Waals surface area contributed by atoms with Crippen LogP contribution in [0.5, 0.6) is 0 Å². The van der Waals surface area contributed by atoms with Gasteiger partial charge in [0.2, 0.25) is 0 Å². The quantitative estimate of drug-likeness (QED) is 0.907. The molecule has 3 nitrogen and oxygen atoms in total. The van der Waals surface area contributed by atoms with Gasteiger partial charge in [0, 0.05) is 42.1 Å². The van der Waals surface area contributed by atoms with E-state index in [1.807, 2.05) is 23.1 Å². The molecule has 0 amide bonds. The Morgan fingerprint density at radius 3 is 2.82 bits per heavy atom. The van der Waals surface area contributed by atoms with E-state index in [0.29, 0.717) is 0 Å². The average molecular weight is 269 g/mol. The van der Waals surface area contributed by atoms with E-state index in [4.69, 9.17) is 4.98 Å². The third-order valence-electron chi connectivity index (χ3n) is 3.29. The van der Waals surface area contributed by atoms with Gasteiger partial charge in [0.25, 0.3) is 0 Å². The molecule has 1 saturated heterocycles. The zero-order valence-corrected chi connectivity index (χ0v) is 11.9. The van der Waals surface area contributed by atoms with Crippen molar-refractivity contribution in [1.29, 1.82) is 0 Å². The summed E-state index contributed by atoms with van der Waals surface area (Å²) in [4.78, 5) is 8.59. The fourth-order valence-corrected chi connectivity index (χ4v) is 3.96. The summed E-state index contributed by atoms with van der Waals surface area (Å²) in [5.41, 5.74) is 1.22. The second kappa shape index (κ2) is 5.16. The van der Waals surface area contributed by atoms with E-state index in [0.717, 1.165) is 25.7 Å². The van der Waals surface area contributed by atoms with Crippen LogP contribution >= 0.6 is 23.1 Å². The zero-order valence-electron chi connectivity index (χ0n) is 10.2. The van der Waals surface area contributed by atoms with Crippen LogP contribution < -0.4 is 10.2 Å². The fourth-order valence-electron chi connectivity index (χ4n) is 1.99. The van der Waals surface area contributed by atoms with E-state index in [1.54, 1.807) is 0 Å². The summed E-state index contributed by atoms with van der Waals surface area (Å²) in [6.45, 7) is 5.47. The van der Waals surface area contributed by atoms with E-state index in [2.05, 4.69) is 17.1 Å². The number of aryl methyl sites for hydroxylation is 1. The highest BCUT2D eigenvalue weighted by molar-refractivity contribution is 7.99. The third-order valence-corrected chi connectivity index (χ3v) is 5.45. The van der Waals surface area contributed by atoms with Crippen molar-refractivity contribution >= 4 is 28.2 Å². The Morgan fingerprint density at radius 1 is 1.35 bits per heavy atom. The highest BCUT2D eigenvalue weighted by Crippen LogP contribution is 2.29. The van der Waals surface area contributed by atoms with E-state index in [-0.39, 0.29) is 0 Å². The van der Waals surface area contributed by atoms with Crippen LogP contribution in [0.3, 0.4) is 0 Å². The Bertz CT molecular complexity index is 381. The minimum atomic E-state index is 0.784. The minimum Gasteiger partial charge on any atom is -0.346 e. The van der Waals surface area contributed by atoms with E-state index < -0.39 is 0 Å². The largest absolute Gasteiger partial charge is 0.346 e. The average Bonchev–Trinajstić information content (AvgIpc) is 3.12. The van der Waals surface area contributed by atoms with Crippen molar-refractivity contribution in [3.8, 4) is 0 Å². The molecule has 1 aromatic heterocycles. The first kappa shape index (κ1) is 11.8. The van der Waals surface area contributed by atoms with Crippen LogP contribution in [0.4, 0.5) is 5.13 Å². The molecule has 0 unspecified atom stereocenters. The highest BCUT2D eigenvalue weighted by Gasteiger charge is 2.22. The van der Waals surface area contributed by atoms with Crippen LogP contribution in [-0.2, 0) is 6.54 Å².